The molecule has 82 valence electrons. The van der Waals surface area contributed by atoms with Crippen LogP contribution in [0.5, 0.6) is 0 Å². The number of benzene rings is 1. The van der Waals surface area contributed by atoms with Crippen LogP contribution in [-0.4, -0.2) is 18.1 Å². The van der Waals surface area contributed by atoms with E-state index in [1.807, 2.05) is 24.3 Å². The first kappa shape index (κ1) is 9.26. The van der Waals surface area contributed by atoms with Gasteiger partial charge in [-0.15, -0.1) is 0 Å². The molecular weight excluding hydrogens is 252 g/mol. The number of nitrogens with zero attached hydrogens (tertiary/aromatic N) is 4. The molecule has 0 fully saturated rings. The highest BCUT2D eigenvalue weighted by Gasteiger charge is 2.11. The summed E-state index contributed by atoms with van der Waals surface area (Å²) in [7, 11) is 0. The van der Waals surface area contributed by atoms with Crippen molar-refractivity contribution in [3.05, 3.63) is 36.5 Å². The number of aromatic nitrogens is 4. The highest BCUT2D eigenvalue weighted by atomic mass is 32.1. The van der Waals surface area contributed by atoms with Crippen molar-refractivity contribution in [2.75, 3.05) is 0 Å². The highest BCUT2D eigenvalue weighted by molar-refractivity contribution is 7.16. The van der Waals surface area contributed by atoms with E-state index in [0.29, 0.717) is 0 Å². The zero-order valence-electron chi connectivity index (χ0n) is 8.57. The third-order valence-electron chi connectivity index (χ3n) is 2.53. The Bertz CT molecular complexity index is 797. The molecule has 4 aromatic rings. The second kappa shape index (κ2) is 3.35. The average Bonchev–Trinajstić information content (AvgIpc) is 3.03. The van der Waals surface area contributed by atoms with Crippen LogP contribution in [0.3, 0.4) is 0 Å². The summed E-state index contributed by atoms with van der Waals surface area (Å²) in [5.74, 6) is 0.764. The Balaban J connectivity index is 2.05. The summed E-state index contributed by atoms with van der Waals surface area (Å²) in [6, 6.07) is 10.0. The molecule has 4 rings (SSSR count). The average molecular weight is 258 g/mol. The van der Waals surface area contributed by atoms with E-state index >= 15 is 0 Å². The number of hydrogen-bond acceptors (Lipinski definition) is 5. The Kier molecular flexibility index (Phi) is 1.82. The van der Waals surface area contributed by atoms with Crippen LogP contribution in [0.2, 0.25) is 0 Å². The quantitative estimate of drug-likeness (QED) is 0.527. The van der Waals surface area contributed by atoms with Crippen molar-refractivity contribution >= 4 is 39.9 Å². The van der Waals surface area contributed by atoms with Crippen LogP contribution >= 0.6 is 23.1 Å². The minimum absolute atomic E-state index is 0.764. The third-order valence-corrected chi connectivity index (χ3v) is 4.44. The molecule has 3 aromatic heterocycles. The molecule has 0 aliphatic rings. The Morgan fingerprint density at radius 3 is 2.88 bits per heavy atom. The van der Waals surface area contributed by atoms with Crippen molar-refractivity contribution in [1.29, 1.82) is 0 Å². The first-order valence-electron chi connectivity index (χ1n) is 5.07. The second-order valence-corrected chi connectivity index (χ2v) is 5.35. The van der Waals surface area contributed by atoms with Gasteiger partial charge in [0.15, 0.2) is 5.01 Å². The van der Waals surface area contributed by atoms with Crippen molar-refractivity contribution in [2.45, 2.75) is 0 Å². The maximum atomic E-state index is 4.53. The molecule has 0 saturated heterocycles. The summed E-state index contributed by atoms with van der Waals surface area (Å²) >= 11 is 3.06. The molecule has 4 nitrogen and oxygen atoms in total. The summed E-state index contributed by atoms with van der Waals surface area (Å²) in [5.41, 5.74) is 2.10. The summed E-state index contributed by atoms with van der Waals surface area (Å²) in [5, 5.41) is 0.973. The normalized spacial score (nSPS) is 11.5. The van der Waals surface area contributed by atoms with Crippen LogP contribution in [0, 0.1) is 0 Å². The van der Waals surface area contributed by atoms with E-state index in [1.54, 1.807) is 17.7 Å². The Hall–Kier alpha value is -1.79. The Labute approximate surface area is 105 Å². The van der Waals surface area contributed by atoms with Crippen LogP contribution in [0.15, 0.2) is 36.5 Å². The monoisotopic (exact) mass is 258 g/mol. The van der Waals surface area contributed by atoms with E-state index in [1.165, 1.54) is 11.5 Å². The van der Waals surface area contributed by atoms with E-state index in [-0.39, 0.29) is 0 Å². The van der Waals surface area contributed by atoms with Crippen molar-refractivity contribution in [3.8, 4) is 9.88 Å². The topological polar surface area (TPSA) is 43.1 Å². The van der Waals surface area contributed by atoms with E-state index in [4.69, 9.17) is 0 Å². The first-order chi connectivity index (χ1) is 8.42. The molecule has 0 atom stereocenters. The molecule has 0 spiro atoms. The van der Waals surface area contributed by atoms with E-state index in [2.05, 4.69) is 24.2 Å². The molecule has 0 aliphatic heterocycles. The van der Waals surface area contributed by atoms with Crippen LogP contribution in [0.4, 0.5) is 0 Å². The summed E-state index contributed by atoms with van der Waals surface area (Å²) in [6.07, 6.45) is 1.79. The molecule has 0 bridgehead atoms. The predicted molar refractivity (Wildman–Crippen MR) is 69.5 cm³/mol. The van der Waals surface area contributed by atoms with Crippen molar-refractivity contribution < 1.29 is 0 Å². The fraction of sp³-hybridized carbons (Fsp3) is 0. The molecule has 0 N–H and O–H groups in total. The molecule has 17 heavy (non-hydrogen) atoms. The van der Waals surface area contributed by atoms with Gasteiger partial charge < -0.3 is 0 Å². The molecule has 0 unspecified atom stereocenters. The molecule has 1 aromatic carbocycles. The number of rotatable bonds is 1. The molecule has 0 amide bonds. The molecular formula is C11H6N4S2. The summed E-state index contributed by atoms with van der Waals surface area (Å²) < 4.78 is 6.15. The fourth-order valence-corrected chi connectivity index (χ4v) is 3.35. The highest BCUT2D eigenvalue weighted by Crippen LogP contribution is 2.29. The van der Waals surface area contributed by atoms with Gasteiger partial charge in [0.1, 0.15) is 0 Å². The third kappa shape index (κ3) is 1.31. The number of para-hydroxylation sites is 2. The van der Waals surface area contributed by atoms with Gasteiger partial charge in [0, 0.05) is 6.20 Å². The summed E-state index contributed by atoms with van der Waals surface area (Å²) in [4.78, 5) is 10.1. The van der Waals surface area contributed by atoms with Gasteiger partial charge in [-0.25, -0.2) is 13.1 Å². The lowest BCUT2D eigenvalue weighted by Gasteiger charge is -1.87. The van der Waals surface area contributed by atoms with Gasteiger partial charge in [0.2, 0.25) is 5.78 Å². The number of hydrogen-bond donors (Lipinski definition) is 0. The lowest BCUT2D eigenvalue weighted by molar-refractivity contribution is 1.30. The predicted octanol–water partition coefficient (Wildman–Crippen LogP) is 3.07. The van der Waals surface area contributed by atoms with Crippen LogP contribution in [0.25, 0.3) is 26.7 Å². The second-order valence-electron chi connectivity index (χ2n) is 3.58. The zero-order chi connectivity index (χ0) is 11.2. The van der Waals surface area contributed by atoms with Gasteiger partial charge in [0.25, 0.3) is 0 Å². The number of imidazole rings is 1. The molecule has 3 heterocycles. The molecule has 0 radical (unpaired) electrons. The molecule has 0 aliphatic carbocycles. The maximum absolute atomic E-state index is 4.53. The van der Waals surface area contributed by atoms with Gasteiger partial charge >= 0.3 is 0 Å². The molecule has 0 saturated carbocycles. The first-order valence-corrected chi connectivity index (χ1v) is 6.62. The van der Waals surface area contributed by atoms with Gasteiger partial charge in [0.05, 0.1) is 15.9 Å². The minimum atomic E-state index is 0.764. The van der Waals surface area contributed by atoms with Crippen LogP contribution < -0.4 is 0 Å². The van der Waals surface area contributed by atoms with Gasteiger partial charge in [-0.3, -0.25) is 0 Å². The standard InChI is InChI=1S/C11H6N4S2/c1-2-4-8-7(3-1)13-11-14-10(17-15(8)11)9-5-6-12-16-9/h1-6H. The molecule has 6 heteroatoms. The van der Waals surface area contributed by atoms with Gasteiger partial charge in [-0.05, 0) is 41.3 Å². The zero-order valence-corrected chi connectivity index (χ0v) is 10.2. The van der Waals surface area contributed by atoms with Gasteiger partial charge in [-0.2, -0.15) is 4.98 Å². The minimum Gasteiger partial charge on any atom is -0.229 e. The Morgan fingerprint density at radius 1 is 1.06 bits per heavy atom. The van der Waals surface area contributed by atoms with Crippen molar-refractivity contribution in [3.63, 3.8) is 0 Å². The van der Waals surface area contributed by atoms with Crippen LogP contribution in [-0.2, 0) is 0 Å². The van der Waals surface area contributed by atoms with E-state index < -0.39 is 0 Å². The van der Waals surface area contributed by atoms with E-state index in [9.17, 15) is 0 Å². The smallest absolute Gasteiger partial charge is 0.229 e. The fourth-order valence-electron chi connectivity index (χ4n) is 1.78. The van der Waals surface area contributed by atoms with Crippen molar-refractivity contribution in [1.82, 2.24) is 18.1 Å². The Morgan fingerprint density at radius 2 is 2.00 bits per heavy atom. The van der Waals surface area contributed by atoms with Crippen LogP contribution in [0.1, 0.15) is 0 Å². The SMILES string of the molecule is c1ccc2c(c1)nc1nc(-c3ccns3)sn12. The largest absolute Gasteiger partial charge is 0.246 e. The lowest BCUT2D eigenvalue weighted by Crippen LogP contribution is -1.71. The van der Waals surface area contributed by atoms with E-state index in [0.717, 1.165) is 26.7 Å². The lowest BCUT2D eigenvalue weighted by atomic mass is 10.3. The summed E-state index contributed by atoms with van der Waals surface area (Å²) in [6.45, 7) is 0. The number of fused-ring (bicyclic) bond motifs is 3. The van der Waals surface area contributed by atoms with Gasteiger partial charge in [-0.1, -0.05) is 12.1 Å². The maximum Gasteiger partial charge on any atom is 0.246 e. The van der Waals surface area contributed by atoms with Crippen molar-refractivity contribution in [2.24, 2.45) is 0 Å².